The number of pyridine rings is 1. The third kappa shape index (κ3) is 6.02. The molecule has 0 radical (unpaired) electrons. The summed E-state index contributed by atoms with van der Waals surface area (Å²) in [6, 6.07) is 20.3. The Morgan fingerprint density at radius 2 is 1.88 bits per heavy atom. The molecule has 0 saturated carbocycles. The quantitative estimate of drug-likeness (QED) is 0.319. The van der Waals surface area contributed by atoms with Crippen LogP contribution in [0.25, 0.3) is 11.2 Å². The summed E-state index contributed by atoms with van der Waals surface area (Å²) in [5.74, 6) is 1.34. The van der Waals surface area contributed by atoms with Gasteiger partial charge in [0.1, 0.15) is 5.52 Å². The molecule has 0 fully saturated rings. The summed E-state index contributed by atoms with van der Waals surface area (Å²) in [7, 11) is 0. The molecule has 0 aliphatic carbocycles. The van der Waals surface area contributed by atoms with Crippen molar-refractivity contribution in [3.63, 3.8) is 0 Å². The molecule has 0 aliphatic heterocycles. The first kappa shape index (κ1) is 23.1. The number of nitrogens with zero attached hydrogens (tertiary/aromatic N) is 3. The first-order chi connectivity index (χ1) is 16.0. The van der Waals surface area contributed by atoms with Crippen LogP contribution in [0.15, 0.2) is 72.0 Å². The number of benzene rings is 2. The molecule has 4 rings (SSSR count). The van der Waals surface area contributed by atoms with Crippen molar-refractivity contribution >= 4 is 28.8 Å². The van der Waals surface area contributed by atoms with E-state index >= 15 is 0 Å². The second kappa shape index (κ2) is 10.7. The maximum atomic E-state index is 12.3. The molecule has 2 aromatic carbocycles. The van der Waals surface area contributed by atoms with Gasteiger partial charge in [0.15, 0.2) is 10.8 Å². The molecule has 4 aromatic rings. The average molecular weight is 459 g/mol. The van der Waals surface area contributed by atoms with Gasteiger partial charge in [-0.05, 0) is 54.7 Å². The second-order valence-electron chi connectivity index (χ2n) is 8.74. The molecule has 0 aliphatic rings. The Labute approximate surface area is 199 Å². The fourth-order valence-electron chi connectivity index (χ4n) is 3.66. The maximum absolute atomic E-state index is 12.3. The number of hydrogen-bond acceptors (Lipinski definition) is 4. The van der Waals surface area contributed by atoms with Crippen LogP contribution < -0.4 is 5.32 Å². The standard InChI is InChI=1S/C27H30N4OS/c1-19(2)13-15-29-26(32)23-11-9-21(10-12-23)18-33-27-30-24-8-5-14-28-25(24)31(27)17-22-7-4-6-20(3)16-22/h4-12,14,16,19H,13,15,17-18H2,1-3H3,(H,29,32). The highest BCUT2D eigenvalue weighted by Gasteiger charge is 2.13. The highest BCUT2D eigenvalue weighted by atomic mass is 32.2. The minimum atomic E-state index is -0.0131. The molecule has 0 atom stereocenters. The number of carbonyl (C=O) groups is 1. The molecule has 0 unspecified atom stereocenters. The molecule has 2 aromatic heterocycles. The Morgan fingerprint density at radius 3 is 2.64 bits per heavy atom. The lowest BCUT2D eigenvalue weighted by Gasteiger charge is -2.10. The summed E-state index contributed by atoms with van der Waals surface area (Å²) in [5, 5.41) is 3.94. The molecule has 0 bridgehead atoms. The molecule has 33 heavy (non-hydrogen) atoms. The molecular formula is C27H30N4OS. The summed E-state index contributed by atoms with van der Waals surface area (Å²) in [6.45, 7) is 7.86. The molecule has 1 N–H and O–H groups in total. The number of aryl methyl sites for hydroxylation is 1. The van der Waals surface area contributed by atoms with Crippen LogP contribution in [0.3, 0.4) is 0 Å². The van der Waals surface area contributed by atoms with Crippen molar-refractivity contribution in [1.82, 2.24) is 19.9 Å². The number of nitrogens with one attached hydrogen (secondary N) is 1. The highest BCUT2D eigenvalue weighted by molar-refractivity contribution is 7.98. The van der Waals surface area contributed by atoms with Gasteiger partial charge in [0.2, 0.25) is 0 Å². The Morgan fingerprint density at radius 1 is 1.06 bits per heavy atom. The van der Waals surface area contributed by atoms with E-state index in [0.29, 0.717) is 18.0 Å². The van der Waals surface area contributed by atoms with Gasteiger partial charge in [-0.1, -0.05) is 67.6 Å². The smallest absolute Gasteiger partial charge is 0.251 e. The largest absolute Gasteiger partial charge is 0.352 e. The molecule has 170 valence electrons. The first-order valence-corrected chi connectivity index (χ1v) is 12.3. The van der Waals surface area contributed by atoms with Crippen LogP contribution in [0, 0.1) is 12.8 Å². The topological polar surface area (TPSA) is 59.8 Å². The molecular weight excluding hydrogens is 428 g/mol. The molecule has 2 heterocycles. The fourth-order valence-corrected chi connectivity index (χ4v) is 4.62. The van der Waals surface area contributed by atoms with E-state index in [4.69, 9.17) is 4.98 Å². The first-order valence-electron chi connectivity index (χ1n) is 11.4. The molecule has 6 heteroatoms. The molecule has 1 amide bonds. The van der Waals surface area contributed by atoms with Crippen LogP contribution >= 0.6 is 11.8 Å². The van der Waals surface area contributed by atoms with Crippen molar-refractivity contribution in [2.24, 2.45) is 5.92 Å². The van der Waals surface area contributed by atoms with Gasteiger partial charge in [0.05, 0.1) is 6.54 Å². The lowest BCUT2D eigenvalue weighted by molar-refractivity contribution is 0.0952. The average Bonchev–Trinajstić information content (AvgIpc) is 3.15. The van der Waals surface area contributed by atoms with E-state index in [1.165, 1.54) is 11.1 Å². The second-order valence-corrected chi connectivity index (χ2v) is 9.68. The Bertz CT molecular complexity index is 1230. The number of fused-ring (bicyclic) bond motifs is 1. The summed E-state index contributed by atoms with van der Waals surface area (Å²) in [5.41, 5.74) is 6.13. The number of amides is 1. The van der Waals surface area contributed by atoms with Crippen LogP contribution in [0.2, 0.25) is 0 Å². The van der Waals surface area contributed by atoms with Crippen molar-refractivity contribution in [3.8, 4) is 0 Å². The number of carbonyl (C=O) groups excluding carboxylic acids is 1. The third-order valence-corrected chi connectivity index (χ3v) is 6.53. The van der Waals surface area contributed by atoms with Crippen LogP contribution in [-0.2, 0) is 12.3 Å². The van der Waals surface area contributed by atoms with Gasteiger partial charge in [0.25, 0.3) is 5.91 Å². The predicted octanol–water partition coefficient (Wildman–Crippen LogP) is 5.86. The molecule has 0 saturated heterocycles. The third-order valence-electron chi connectivity index (χ3n) is 5.48. The lowest BCUT2D eigenvalue weighted by atomic mass is 10.1. The number of imidazole rings is 1. The van der Waals surface area contributed by atoms with E-state index in [-0.39, 0.29) is 5.91 Å². The number of aromatic nitrogens is 3. The van der Waals surface area contributed by atoms with E-state index in [0.717, 1.165) is 40.6 Å². The van der Waals surface area contributed by atoms with Gasteiger partial charge in [-0.15, -0.1) is 0 Å². The summed E-state index contributed by atoms with van der Waals surface area (Å²) in [4.78, 5) is 21.7. The summed E-state index contributed by atoms with van der Waals surface area (Å²) in [6.07, 6.45) is 2.80. The van der Waals surface area contributed by atoms with E-state index in [2.05, 4.69) is 59.9 Å². The zero-order valence-corrected chi connectivity index (χ0v) is 20.2. The van der Waals surface area contributed by atoms with Crippen molar-refractivity contribution in [2.45, 2.75) is 44.6 Å². The minimum absolute atomic E-state index is 0.0131. The van der Waals surface area contributed by atoms with Gasteiger partial charge in [0, 0.05) is 24.1 Å². The zero-order valence-electron chi connectivity index (χ0n) is 19.4. The molecule has 5 nitrogen and oxygen atoms in total. The maximum Gasteiger partial charge on any atom is 0.251 e. The van der Waals surface area contributed by atoms with E-state index in [1.54, 1.807) is 11.8 Å². The van der Waals surface area contributed by atoms with Crippen LogP contribution in [0.4, 0.5) is 0 Å². The lowest BCUT2D eigenvalue weighted by Crippen LogP contribution is -2.25. The van der Waals surface area contributed by atoms with Crippen molar-refractivity contribution in [3.05, 3.63) is 89.1 Å². The minimum Gasteiger partial charge on any atom is -0.352 e. The van der Waals surface area contributed by atoms with Crippen LogP contribution in [-0.4, -0.2) is 27.0 Å². The number of rotatable bonds is 9. The van der Waals surface area contributed by atoms with Crippen LogP contribution in [0.5, 0.6) is 0 Å². The highest BCUT2D eigenvalue weighted by Crippen LogP contribution is 2.27. The zero-order chi connectivity index (χ0) is 23.2. The normalized spacial score (nSPS) is 11.3. The van der Waals surface area contributed by atoms with E-state index in [1.807, 2.05) is 42.6 Å². The fraction of sp³-hybridized carbons (Fsp3) is 0.296. The summed E-state index contributed by atoms with van der Waals surface area (Å²) < 4.78 is 2.19. The number of hydrogen-bond donors (Lipinski definition) is 1. The predicted molar refractivity (Wildman–Crippen MR) is 136 cm³/mol. The number of thioether (sulfide) groups is 1. The van der Waals surface area contributed by atoms with Gasteiger partial charge in [-0.3, -0.25) is 9.36 Å². The Kier molecular flexibility index (Phi) is 7.45. The van der Waals surface area contributed by atoms with Gasteiger partial charge < -0.3 is 5.32 Å². The van der Waals surface area contributed by atoms with Crippen molar-refractivity contribution in [1.29, 1.82) is 0 Å². The molecule has 0 spiro atoms. The summed E-state index contributed by atoms with van der Waals surface area (Å²) >= 11 is 1.69. The monoisotopic (exact) mass is 458 g/mol. The van der Waals surface area contributed by atoms with Gasteiger partial charge in [-0.25, -0.2) is 9.97 Å². The van der Waals surface area contributed by atoms with Crippen molar-refractivity contribution < 1.29 is 4.79 Å². The van der Waals surface area contributed by atoms with Gasteiger partial charge >= 0.3 is 0 Å². The Hall–Kier alpha value is -3.12. The Balaban J connectivity index is 1.46. The van der Waals surface area contributed by atoms with Crippen molar-refractivity contribution in [2.75, 3.05) is 6.54 Å². The van der Waals surface area contributed by atoms with E-state index < -0.39 is 0 Å². The SMILES string of the molecule is Cc1cccc(Cn2c(SCc3ccc(C(=O)NCCC(C)C)cc3)nc3cccnc32)c1. The van der Waals surface area contributed by atoms with Gasteiger partial charge in [-0.2, -0.15) is 0 Å². The van der Waals surface area contributed by atoms with Crippen LogP contribution in [0.1, 0.15) is 47.3 Å². The van der Waals surface area contributed by atoms with E-state index in [9.17, 15) is 4.79 Å².